The van der Waals surface area contributed by atoms with Crippen molar-refractivity contribution in [2.24, 2.45) is 0 Å². The molecule has 1 amide bonds. The van der Waals surface area contributed by atoms with Crippen LogP contribution in [0.25, 0.3) is 11.1 Å². The van der Waals surface area contributed by atoms with Crippen molar-refractivity contribution in [3.8, 4) is 28.4 Å². The zero-order chi connectivity index (χ0) is 21.8. The number of carbonyl (C=O) groups excluding carboxylic acids is 2. The zero-order valence-electron chi connectivity index (χ0n) is 17.9. The third-order valence-corrected chi connectivity index (χ3v) is 5.66. The van der Waals surface area contributed by atoms with Crippen LogP contribution in [0.2, 0.25) is 0 Å². The molecule has 0 spiro atoms. The molecule has 1 fully saturated rings. The zero-order valence-corrected chi connectivity index (χ0v) is 17.9. The van der Waals surface area contributed by atoms with E-state index in [0.717, 1.165) is 42.4 Å². The molecule has 0 unspecified atom stereocenters. The standard InChI is InChI=1S/C24H27NO6/c1-3-29-23-20(28-2)12-11-17(16-9-6-10-18-19(16)13-25-24(18)27)22(23)30-14-21(26)31-15-7-4-5-8-15/h6,9-12,15H,3-5,7-8,13-14H2,1-2H3,(H,25,27). The van der Waals surface area contributed by atoms with Crippen LogP contribution in [-0.2, 0) is 16.1 Å². The number of fused-ring (bicyclic) bond motifs is 1. The van der Waals surface area contributed by atoms with Crippen LogP contribution in [-0.4, -0.2) is 38.3 Å². The number of ether oxygens (including phenoxy) is 4. The van der Waals surface area contributed by atoms with Gasteiger partial charge in [0.15, 0.2) is 18.1 Å². The van der Waals surface area contributed by atoms with Crippen LogP contribution >= 0.6 is 0 Å². The van der Waals surface area contributed by atoms with E-state index in [0.29, 0.717) is 36.0 Å². The summed E-state index contributed by atoms with van der Waals surface area (Å²) in [4.78, 5) is 24.5. The summed E-state index contributed by atoms with van der Waals surface area (Å²) in [5.74, 6) is 0.825. The van der Waals surface area contributed by atoms with Crippen molar-refractivity contribution in [2.75, 3.05) is 20.3 Å². The van der Waals surface area contributed by atoms with E-state index in [2.05, 4.69) is 5.32 Å². The summed E-state index contributed by atoms with van der Waals surface area (Å²) in [5, 5.41) is 2.86. The number of carbonyl (C=O) groups is 2. The summed E-state index contributed by atoms with van der Waals surface area (Å²) in [7, 11) is 1.55. The molecule has 164 valence electrons. The lowest BCUT2D eigenvalue weighted by atomic mass is 9.95. The first-order chi connectivity index (χ1) is 15.1. The summed E-state index contributed by atoms with van der Waals surface area (Å²) in [6.45, 7) is 2.47. The van der Waals surface area contributed by atoms with Gasteiger partial charge in [-0.1, -0.05) is 12.1 Å². The van der Waals surface area contributed by atoms with Crippen molar-refractivity contribution in [1.29, 1.82) is 0 Å². The first-order valence-corrected chi connectivity index (χ1v) is 10.7. The van der Waals surface area contributed by atoms with E-state index >= 15 is 0 Å². The Morgan fingerprint density at radius 2 is 1.81 bits per heavy atom. The van der Waals surface area contributed by atoms with E-state index in [1.54, 1.807) is 19.2 Å². The molecule has 0 atom stereocenters. The molecule has 1 saturated carbocycles. The van der Waals surface area contributed by atoms with Crippen molar-refractivity contribution in [3.63, 3.8) is 0 Å². The van der Waals surface area contributed by atoms with Gasteiger partial charge in [-0.05, 0) is 61.9 Å². The van der Waals surface area contributed by atoms with Crippen LogP contribution in [0, 0.1) is 0 Å². The van der Waals surface area contributed by atoms with E-state index in [9.17, 15) is 9.59 Å². The van der Waals surface area contributed by atoms with Gasteiger partial charge >= 0.3 is 5.97 Å². The number of hydrogen-bond acceptors (Lipinski definition) is 6. The number of amides is 1. The number of esters is 1. The first kappa shape index (κ1) is 21.0. The van der Waals surface area contributed by atoms with Gasteiger partial charge in [0.2, 0.25) is 5.75 Å². The predicted molar refractivity (Wildman–Crippen MR) is 115 cm³/mol. The minimum atomic E-state index is -0.404. The van der Waals surface area contributed by atoms with Crippen molar-refractivity contribution < 1.29 is 28.5 Å². The number of nitrogens with one attached hydrogen (secondary N) is 1. The van der Waals surface area contributed by atoms with Gasteiger partial charge < -0.3 is 24.3 Å². The molecule has 0 radical (unpaired) electrons. The van der Waals surface area contributed by atoms with Gasteiger partial charge in [-0.2, -0.15) is 0 Å². The van der Waals surface area contributed by atoms with Gasteiger partial charge in [0.05, 0.1) is 13.7 Å². The lowest BCUT2D eigenvalue weighted by Gasteiger charge is -2.20. The van der Waals surface area contributed by atoms with E-state index in [1.165, 1.54) is 0 Å². The number of benzene rings is 2. The lowest BCUT2D eigenvalue weighted by molar-refractivity contribution is -0.151. The molecule has 0 bridgehead atoms. The molecule has 1 aliphatic carbocycles. The average molecular weight is 425 g/mol. The van der Waals surface area contributed by atoms with Crippen molar-refractivity contribution >= 4 is 11.9 Å². The van der Waals surface area contributed by atoms with Crippen molar-refractivity contribution in [1.82, 2.24) is 5.32 Å². The fourth-order valence-electron chi connectivity index (χ4n) is 4.21. The maximum absolute atomic E-state index is 12.4. The topological polar surface area (TPSA) is 83.1 Å². The Balaban J connectivity index is 1.69. The minimum absolute atomic E-state index is 0.0262. The second kappa shape index (κ2) is 9.29. The highest BCUT2D eigenvalue weighted by atomic mass is 16.6. The molecule has 2 aromatic carbocycles. The molecule has 2 aromatic rings. The Labute approximate surface area is 181 Å². The molecule has 0 saturated heterocycles. The Morgan fingerprint density at radius 1 is 1.03 bits per heavy atom. The van der Waals surface area contributed by atoms with E-state index < -0.39 is 5.97 Å². The highest BCUT2D eigenvalue weighted by Gasteiger charge is 2.27. The molecular formula is C24H27NO6. The Morgan fingerprint density at radius 3 is 2.55 bits per heavy atom. The van der Waals surface area contributed by atoms with Crippen LogP contribution in [0.3, 0.4) is 0 Å². The summed E-state index contributed by atoms with van der Waals surface area (Å²) >= 11 is 0. The molecular weight excluding hydrogens is 398 g/mol. The summed E-state index contributed by atoms with van der Waals surface area (Å²) < 4.78 is 22.8. The quantitative estimate of drug-likeness (QED) is 0.647. The highest BCUT2D eigenvalue weighted by molar-refractivity contribution is 6.01. The fourth-order valence-corrected chi connectivity index (χ4v) is 4.21. The molecule has 4 rings (SSSR count). The second-order valence-corrected chi connectivity index (χ2v) is 7.61. The largest absolute Gasteiger partial charge is 0.493 e. The van der Waals surface area contributed by atoms with Crippen LogP contribution < -0.4 is 19.5 Å². The van der Waals surface area contributed by atoms with Crippen LogP contribution in [0.4, 0.5) is 0 Å². The van der Waals surface area contributed by atoms with Crippen LogP contribution in [0.5, 0.6) is 17.2 Å². The Hall–Kier alpha value is -3.22. The van der Waals surface area contributed by atoms with E-state index in [4.69, 9.17) is 18.9 Å². The highest BCUT2D eigenvalue weighted by Crippen LogP contribution is 2.46. The number of rotatable bonds is 8. The van der Waals surface area contributed by atoms with Crippen molar-refractivity contribution in [3.05, 3.63) is 41.5 Å². The van der Waals surface area contributed by atoms with Crippen LogP contribution in [0.1, 0.15) is 48.5 Å². The molecule has 1 N–H and O–H groups in total. The van der Waals surface area contributed by atoms with E-state index in [-0.39, 0.29) is 18.6 Å². The smallest absolute Gasteiger partial charge is 0.344 e. The molecule has 1 heterocycles. The Bertz CT molecular complexity index is 980. The lowest BCUT2D eigenvalue weighted by Crippen LogP contribution is -2.21. The number of methoxy groups -OCH3 is 1. The van der Waals surface area contributed by atoms with Gasteiger partial charge in [0.1, 0.15) is 6.10 Å². The summed E-state index contributed by atoms with van der Waals surface area (Å²) in [6, 6.07) is 9.22. The fraction of sp³-hybridized carbons (Fsp3) is 0.417. The second-order valence-electron chi connectivity index (χ2n) is 7.61. The van der Waals surface area contributed by atoms with E-state index in [1.807, 2.05) is 25.1 Å². The minimum Gasteiger partial charge on any atom is -0.493 e. The molecule has 7 nitrogen and oxygen atoms in total. The predicted octanol–water partition coefficient (Wildman–Crippen LogP) is 3.87. The number of hydrogen-bond donors (Lipinski definition) is 1. The van der Waals surface area contributed by atoms with Gasteiger partial charge in [0, 0.05) is 17.7 Å². The molecule has 0 aromatic heterocycles. The normalized spacial score (nSPS) is 15.4. The third kappa shape index (κ3) is 4.31. The van der Waals surface area contributed by atoms with Gasteiger partial charge in [0.25, 0.3) is 5.91 Å². The maximum atomic E-state index is 12.4. The summed E-state index contributed by atoms with van der Waals surface area (Å²) in [6.07, 6.45) is 3.94. The summed E-state index contributed by atoms with van der Waals surface area (Å²) in [5.41, 5.74) is 3.10. The molecule has 2 aliphatic rings. The average Bonchev–Trinajstić information content (AvgIpc) is 3.42. The molecule has 1 aliphatic heterocycles. The molecule has 7 heteroatoms. The third-order valence-electron chi connectivity index (χ3n) is 5.66. The van der Waals surface area contributed by atoms with Gasteiger partial charge in [-0.15, -0.1) is 0 Å². The van der Waals surface area contributed by atoms with Gasteiger partial charge in [-0.25, -0.2) is 4.79 Å². The monoisotopic (exact) mass is 425 g/mol. The Kier molecular flexibility index (Phi) is 6.30. The van der Waals surface area contributed by atoms with Gasteiger partial charge in [-0.3, -0.25) is 4.79 Å². The first-order valence-electron chi connectivity index (χ1n) is 10.7. The van der Waals surface area contributed by atoms with Crippen molar-refractivity contribution in [2.45, 2.75) is 45.3 Å². The SMILES string of the molecule is CCOc1c(OC)ccc(-c2cccc3c2CNC3=O)c1OCC(=O)OC1CCCC1. The molecule has 31 heavy (non-hydrogen) atoms. The maximum Gasteiger partial charge on any atom is 0.344 e. The van der Waals surface area contributed by atoms with Crippen LogP contribution in [0.15, 0.2) is 30.3 Å².